The molecule has 5 nitrogen and oxygen atoms in total. The second-order valence-electron chi connectivity index (χ2n) is 7.09. The smallest absolute Gasteiger partial charge is 0.233 e. The van der Waals surface area contributed by atoms with Crippen LogP contribution < -0.4 is 4.90 Å². The zero-order chi connectivity index (χ0) is 17.3. The van der Waals surface area contributed by atoms with Gasteiger partial charge in [0.05, 0.1) is 12.1 Å². The maximum atomic E-state index is 13.0. The molecule has 24 heavy (non-hydrogen) atoms. The maximum Gasteiger partial charge on any atom is 0.233 e. The quantitative estimate of drug-likeness (QED) is 0.854. The van der Waals surface area contributed by atoms with Gasteiger partial charge in [-0.2, -0.15) is 0 Å². The number of carbonyl (C=O) groups excluding carboxylic acids is 2. The van der Waals surface area contributed by atoms with Crippen molar-refractivity contribution in [2.75, 3.05) is 18.5 Å². The van der Waals surface area contributed by atoms with Crippen LogP contribution in [0, 0.1) is 17.7 Å². The number of hydrogen-bond acceptors (Lipinski definition) is 3. The summed E-state index contributed by atoms with van der Waals surface area (Å²) in [5.74, 6) is 0.301. The molecule has 1 saturated carbocycles. The van der Waals surface area contributed by atoms with Gasteiger partial charge in [0, 0.05) is 26.1 Å². The van der Waals surface area contributed by atoms with Crippen molar-refractivity contribution in [3.8, 4) is 0 Å². The van der Waals surface area contributed by atoms with Gasteiger partial charge in [0.1, 0.15) is 11.6 Å². The van der Waals surface area contributed by atoms with Crippen molar-refractivity contribution >= 4 is 17.6 Å². The van der Waals surface area contributed by atoms with E-state index in [1.54, 1.807) is 7.05 Å². The zero-order valence-corrected chi connectivity index (χ0v) is 14.2. The highest BCUT2D eigenvalue weighted by Crippen LogP contribution is 2.32. The molecule has 2 aliphatic rings. The first kappa shape index (κ1) is 16.9. The van der Waals surface area contributed by atoms with Gasteiger partial charge in [0.15, 0.2) is 0 Å². The summed E-state index contributed by atoms with van der Waals surface area (Å²) in [4.78, 5) is 32.3. The van der Waals surface area contributed by atoms with E-state index < -0.39 is 5.82 Å². The van der Waals surface area contributed by atoms with Crippen LogP contribution >= 0.6 is 0 Å². The Morgan fingerprint density at radius 1 is 1.29 bits per heavy atom. The fourth-order valence-corrected chi connectivity index (χ4v) is 3.76. The number of nitrogens with zero attached hydrogens (tertiary/aromatic N) is 3. The van der Waals surface area contributed by atoms with E-state index >= 15 is 0 Å². The van der Waals surface area contributed by atoms with Crippen molar-refractivity contribution in [2.45, 2.75) is 45.1 Å². The second-order valence-corrected chi connectivity index (χ2v) is 7.09. The van der Waals surface area contributed by atoms with E-state index in [1.807, 2.05) is 4.90 Å². The molecule has 0 bridgehead atoms. The number of anilines is 1. The van der Waals surface area contributed by atoms with Crippen LogP contribution in [0.1, 0.15) is 39.0 Å². The van der Waals surface area contributed by atoms with Crippen LogP contribution in [0.3, 0.4) is 0 Å². The molecule has 2 fully saturated rings. The van der Waals surface area contributed by atoms with Crippen LogP contribution in [0.2, 0.25) is 0 Å². The minimum atomic E-state index is -0.437. The van der Waals surface area contributed by atoms with Gasteiger partial charge in [0.25, 0.3) is 0 Å². The summed E-state index contributed by atoms with van der Waals surface area (Å²) in [5.41, 5.74) is 0. The fourth-order valence-electron chi connectivity index (χ4n) is 3.76. The predicted octanol–water partition coefficient (Wildman–Crippen LogP) is 2.61. The molecule has 2 amide bonds. The molecule has 0 N–H and O–H groups in total. The zero-order valence-electron chi connectivity index (χ0n) is 14.2. The van der Waals surface area contributed by atoms with E-state index in [0.717, 1.165) is 37.8 Å². The van der Waals surface area contributed by atoms with Gasteiger partial charge < -0.3 is 4.90 Å². The van der Waals surface area contributed by atoms with E-state index in [9.17, 15) is 14.0 Å². The summed E-state index contributed by atoms with van der Waals surface area (Å²) < 4.78 is 13.0. The van der Waals surface area contributed by atoms with Gasteiger partial charge in [0.2, 0.25) is 11.8 Å². The normalized spacial score (nSPS) is 27.4. The van der Waals surface area contributed by atoms with Crippen LogP contribution in [0.4, 0.5) is 10.2 Å². The molecule has 1 aromatic rings. The molecule has 0 spiro atoms. The largest absolute Gasteiger partial charge is 0.339 e. The lowest BCUT2D eigenvalue weighted by atomic mass is 9.86. The molecular weight excluding hydrogens is 309 g/mol. The standard InChI is InChI=1S/C18H24FN3O2/c1-12-3-6-15(7-4-12)22-11-13(9-17(22)23)18(24)21(2)16-8-5-14(19)10-20-16/h5,8,10,12-13,15H,3-4,6-7,9,11H2,1-2H3. The van der Waals surface area contributed by atoms with Crippen molar-refractivity contribution in [3.63, 3.8) is 0 Å². The third-order valence-electron chi connectivity index (χ3n) is 5.32. The van der Waals surface area contributed by atoms with Gasteiger partial charge in [-0.25, -0.2) is 9.37 Å². The third-order valence-corrected chi connectivity index (χ3v) is 5.32. The lowest BCUT2D eigenvalue weighted by molar-refractivity contribution is -0.130. The highest BCUT2D eigenvalue weighted by Gasteiger charge is 2.39. The van der Waals surface area contributed by atoms with Gasteiger partial charge >= 0.3 is 0 Å². The van der Waals surface area contributed by atoms with E-state index in [4.69, 9.17) is 0 Å². The molecule has 130 valence electrons. The Morgan fingerprint density at radius 3 is 2.62 bits per heavy atom. The summed E-state index contributed by atoms with van der Waals surface area (Å²) in [5, 5.41) is 0. The first-order valence-corrected chi connectivity index (χ1v) is 8.64. The van der Waals surface area contributed by atoms with Crippen LogP contribution in [0.5, 0.6) is 0 Å². The summed E-state index contributed by atoms with van der Waals surface area (Å²) >= 11 is 0. The van der Waals surface area contributed by atoms with Gasteiger partial charge in [-0.05, 0) is 43.7 Å². The molecule has 1 aromatic heterocycles. The van der Waals surface area contributed by atoms with Crippen LogP contribution in [-0.2, 0) is 9.59 Å². The minimum Gasteiger partial charge on any atom is -0.339 e. The Morgan fingerprint density at radius 2 is 2.00 bits per heavy atom. The summed E-state index contributed by atoms with van der Waals surface area (Å²) in [7, 11) is 1.62. The van der Waals surface area contributed by atoms with Crippen LogP contribution in [0.15, 0.2) is 18.3 Å². The molecule has 0 aromatic carbocycles. The molecule has 0 radical (unpaired) electrons. The summed E-state index contributed by atoms with van der Waals surface area (Å²) in [6.45, 7) is 2.74. The molecule has 1 aliphatic carbocycles. The molecule has 6 heteroatoms. The van der Waals surface area contributed by atoms with E-state index in [0.29, 0.717) is 12.4 Å². The first-order valence-electron chi connectivity index (χ1n) is 8.64. The number of likely N-dealkylation sites (tertiary alicyclic amines) is 1. The maximum absolute atomic E-state index is 13.0. The van der Waals surface area contributed by atoms with Crippen molar-refractivity contribution in [3.05, 3.63) is 24.1 Å². The molecular formula is C18H24FN3O2. The predicted molar refractivity (Wildman–Crippen MR) is 88.8 cm³/mol. The number of rotatable bonds is 3. The average molecular weight is 333 g/mol. The average Bonchev–Trinajstić information content (AvgIpc) is 2.97. The second kappa shape index (κ2) is 6.87. The Hall–Kier alpha value is -1.98. The molecule has 1 aliphatic heterocycles. The minimum absolute atomic E-state index is 0.0772. The highest BCUT2D eigenvalue weighted by atomic mass is 19.1. The van der Waals surface area contributed by atoms with Gasteiger partial charge in [-0.3, -0.25) is 14.5 Å². The Bertz CT molecular complexity index is 611. The lowest BCUT2D eigenvalue weighted by Crippen LogP contribution is -2.40. The SMILES string of the molecule is CC1CCC(N2CC(C(=O)N(C)c3ccc(F)cn3)CC2=O)CC1. The number of hydrogen-bond donors (Lipinski definition) is 0. The van der Waals surface area contributed by atoms with E-state index in [2.05, 4.69) is 11.9 Å². The Kier molecular flexibility index (Phi) is 4.83. The Balaban J connectivity index is 1.64. The fraction of sp³-hybridized carbons (Fsp3) is 0.611. The number of aromatic nitrogens is 1. The first-order chi connectivity index (χ1) is 11.5. The monoisotopic (exact) mass is 333 g/mol. The Labute approximate surface area is 141 Å². The highest BCUT2D eigenvalue weighted by molar-refractivity contribution is 5.98. The topological polar surface area (TPSA) is 53.5 Å². The van der Waals surface area contributed by atoms with Crippen molar-refractivity contribution in [1.29, 1.82) is 0 Å². The van der Waals surface area contributed by atoms with Crippen LogP contribution in [-0.4, -0.2) is 41.3 Å². The molecule has 1 saturated heterocycles. The molecule has 2 heterocycles. The number of halogens is 1. The van der Waals surface area contributed by atoms with E-state index in [1.165, 1.54) is 17.0 Å². The van der Waals surface area contributed by atoms with Gasteiger partial charge in [-0.1, -0.05) is 6.92 Å². The number of pyridine rings is 1. The van der Waals surface area contributed by atoms with Crippen molar-refractivity contribution < 1.29 is 14.0 Å². The lowest BCUT2D eigenvalue weighted by Gasteiger charge is -2.33. The summed E-state index contributed by atoms with van der Waals surface area (Å²) in [6, 6.07) is 3.03. The molecule has 1 unspecified atom stereocenters. The third kappa shape index (κ3) is 3.42. The number of amides is 2. The summed E-state index contributed by atoms with van der Waals surface area (Å²) in [6.07, 6.45) is 5.70. The van der Waals surface area contributed by atoms with Crippen LogP contribution in [0.25, 0.3) is 0 Å². The van der Waals surface area contributed by atoms with E-state index in [-0.39, 0.29) is 30.2 Å². The molecule has 1 atom stereocenters. The van der Waals surface area contributed by atoms with Gasteiger partial charge in [-0.15, -0.1) is 0 Å². The van der Waals surface area contributed by atoms with Crippen molar-refractivity contribution in [2.24, 2.45) is 11.8 Å². The molecule has 3 rings (SSSR count). The number of carbonyl (C=O) groups is 2. The van der Waals surface area contributed by atoms with Crippen molar-refractivity contribution in [1.82, 2.24) is 9.88 Å².